The maximum atomic E-state index is 9.04. The van der Waals surface area contributed by atoms with E-state index in [2.05, 4.69) is 5.10 Å². The van der Waals surface area contributed by atoms with E-state index < -0.39 is 0 Å². The molecule has 1 unspecified atom stereocenters. The Bertz CT molecular complexity index is 321. The van der Waals surface area contributed by atoms with Gasteiger partial charge in [-0.25, -0.2) is 0 Å². The Morgan fingerprint density at radius 2 is 2.21 bits per heavy atom. The average molecular weight is 198 g/mol. The number of aliphatic hydroxyl groups is 1. The molecule has 1 heterocycles. The van der Waals surface area contributed by atoms with Crippen molar-refractivity contribution in [3.05, 3.63) is 5.69 Å². The number of nitrogens with zero attached hydrogens (tertiary/aromatic N) is 3. The lowest BCUT2D eigenvalue weighted by Crippen LogP contribution is -2.33. The minimum atomic E-state index is 0.0344. The summed E-state index contributed by atoms with van der Waals surface area (Å²) >= 11 is 0. The van der Waals surface area contributed by atoms with Crippen molar-refractivity contribution in [3.63, 3.8) is 0 Å². The van der Waals surface area contributed by atoms with E-state index >= 15 is 0 Å². The number of nitrogens with two attached hydrogens (primary N) is 1. The average Bonchev–Trinajstić information content (AvgIpc) is 2.39. The lowest BCUT2D eigenvalue weighted by Gasteiger charge is -2.25. The summed E-state index contributed by atoms with van der Waals surface area (Å²) < 4.78 is 1.73. The molecule has 0 aliphatic heterocycles. The number of nitrogen functional groups attached to an aromatic ring is 1. The second-order valence-corrected chi connectivity index (χ2v) is 3.59. The summed E-state index contributed by atoms with van der Waals surface area (Å²) in [5.74, 6) is 0.851. The molecule has 1 aromatic heterocycles. The first kappa shape index (κ1) is 10.8. The first-order valence-corrected chi connectivity index (χ1v) is 4.61. The summed E-state index contributed by atoms with van der Waals surface area (Å²) in [6.07, 6.45) is 0. The molecular weight excluding hydrogens is 180 g/mol. The molecule has 0 aromatic carbocycles. The molecule has 0 amide bonds. The lowest BCUT2D eigenvalue weighted by molar-refractivity contribution is 0.269. The summed E-state index contributed by atoms with van der Waals surface area (Å²) in [4.78, 5) is 1.93. The first-order chi connectivity index (χ1) is 6.49. The molecule has 5 nitrogen and oxygen atoms in total. The summed E-state index contributed by atoms with van der Waals surface area (Å²) in [5, 5.41) is 13.3. The van der Waals surface area contributed by atoms with Crippen molar-refractivity contribution in [2.45, 2.75) is 19.9 Å². The van der Waals surface area contributed by atoms with Crippen LogP contribution in [0.2, 0.25) is 0 Å². The monoisotopic (exact) mass is 198 g/mol. The number of hydrogen-bond donors (Lipinski definition) is 2. The van der Waals surface area contributed by atoms with E-state index in [1.807, 2.05) is 32.8 Å². The lowest BCUT2D eigenvalue weighted by atomic mass is 10.3. The van der Waals surface area contributed by atoms with Gasteiger partial charge in [0.05, 0.1) is 24.0 Å². The van der Waals surface area contributed by atoms with E-state index in [0.29, 0.717) is 5.69 Å². The normalized spacial score (nSPS) is 12.9. The van der Waals surface area contributed by atoms with Gasteiger partial charge in [-0.3, -0.25) is 4.68 Å². The molecule has 1 aromatic rings. The molecule has 14 heavy (non-hydrogen) atoms. The van der Waals surface area contributed by atoms with Crippen LogP contribution in [0.15, 0.2) is 0 Å². The van der Waals surface area contributed by atoms with Crippen LogP contribution in [0.4, 0.5) is 11.5 Å². The van der Waals surface area contributed by atoms with Gasteiger partial charge < -0.3 is 15.7 Å². The second kappa shape index (κ2) is 3.88. The molecular formula is C9H18N4O. The Labute approximate surface area is 84.1 Å². The van der Waals surface area contributed by atoms with E-state index in [9.17, 15) is 0 Å². The number of aryl methyl sites for hydroxylation is 2. The van der Waals surface area contributed by atoms with Gasteiger partial charge in [-0.2, -0.15) is 5.10 Å². The van der Waals surface area contributed by atoms with E-state index in [1.165, 1.54) is 0 Å². The number of anilines is 2. The Hall–Kier alpha value is -1.23. The van der Waals surface area contributed by atoms with Gasteiger partial charge in [0.1, 0.15) is 5.82 Å². The van der Waals surface area contributed by atoms with Crippen LogP contribution in [0.5, 0.6) is 0 Å². The summed E-state index contributed by atoms with van der Waals surface area (Å²) in [6, 6.07) is 0.0344. The van der Waals surface area contributed by atoms with Crippen LogP contribution in [0.1, 0.15) is 12.6 Å². The summed E-state index contributed by atoms with van der Waals surface area (Å²) in [7, 11) is 3.74. The SMILES string of the molecule is Cc1nn(C)c(N(C)C(C)CO)c1N. The molecule has 1 rings (SSSR count). The molecule has 80 valence electrons. The van der Waals surface area contributed by atoms with E-state index in [1.54, 1.807) is 4.68 Å². The third-order valence-electron chi connectivity index (χ3n) is 2.50. The molecule has 0 saturated heterocycles. The van der Waals surface area contributed by atoms with Gasteiger partial charge in [-0.1, -0.05) is 0 Å². The zero-order chi connectivity index (χ0) is 10.9. The Balaban J connectivity index is 3.05. The van der Waals surface area contributed by atoms with Crippen molar-refractivity contribution in [1.29, 1.82) is 0 Å². The first-order valence-electron chi connectivity index (χ1n) is 4.61. The number of aliphatic hydroxyl groups excluding tert-OH is 1. The minimum absolute atomic E-state index is 0.0344. The molecule has 0 saturated carbocycles. The maximum Gasteiger partial charge on any atom is 0.150 e. The molecule has 5 heteroatoms. The predicted octanol–water partition coefficient (Wildman–Crippen LogP) is 0.128. The van der Waals surface area contributed by atoms with Crippen LogP contribution >= 0.6 is 0 Å². The quantitative estimate of drug-likeness (QED) is 0.724. The Morgan fingerprint density at radius 3 is 2.57 bits per heavy atom. The standard InChI is InChI=1S/C9H18N4O/c1-6(5-14)12(3)9-8(10)7(2)11-13(9)4/h6,14H,5,10H2,1-4H3. The highest BCUT2D eigenvalue weighted by molar-refractivity contribution is 5.66. The zero-order valence-corrected chi connectivity index (χ0v) is 9.15. The van der Waals surface area contributed by atoms with Crippen molar-refractivity contribution >= 4 is 11.5 Å². The highest BCUT2D eigenvalue weighted by Crippen LogP contribution is 2.25. The smallest absolute Gasteiger partial charge is 0.150 e. The van der Waals surface area contributed by atoms with Crippen molar-refractivity contribution in [3.8, 4) is 0 Å². The Kier molecular flexibility index (Phi) is 3.00. The largest absolute Gasteiger partial charge is 0.394 e. The fraction of sp³-hybridized carbons (Fsp3) is 0.667. The van der Waals surface area contributed by atoms with E-state index in [4.69, 9.17) is 10.8 Å². The molecule has 0 aliphatic carbocycles. The minimum Gasteiger partial charge on any atom is -0.394 e. The van der Waals surface area contributed by atoms with Crippen molar-refractivity contribution in [2.75, 3.05) is 24.3 Å². The summed E-state index contributed by atoms with van der Waals surface area (Å²) in [5.41, 5.74) is 7.39. The van der Waals surface area contributed by atoms with Gasteiger partial charge in [0.2, 0.25) is 0 Å². The van der Waals surface area contributed by atoms with Gasteiger partial charge >= 0.3 is 0 Å². The Morgan fingerprint density at radius 1 is 1.64 bits per heavy atom. The van der Waals surface area contributed by atoms with Crippen LogP contribution in [0.25, 0.3) is 0 Å². The third-order valence-corrected chi connectivity index (χ3v) is 2.50. The molecule has 0 fully saturated rings. The number of aromatic nitrogens is 2. The van der Waals surface area contributed by atoms with Gasteiger partial charge in [-0.05, 0) is 13.8 Å². The topological polar surface area (TPSA) is 67.3 Å². The fourth-order valence-electron chi connectivity index (χ4n) is 1.41. The fourth-order valence-corrected chi connectivity index (χ4v) is 1.41. The van der Waals surface area contributed by atoms with Crippen LogP contribution in [-0.2, 0) is 7.05 Å². The molecule has 0 spiro atoms. The van der Waals surface area contributed by atoms with Gasteiger partial charge in [0, 0.05) is 14.1 Å². The summed E-state index contributed by atoms with van der Waals surface area (Å²) in [6.45, 7) is 3.90. The van der Waals surface area contributed by atoms with Crippen LogP contribution in [-0.4, -0.2) is 34.6 Å². The van der Waals surface area contributed by atoms with Crippen LogP contribution < -0.4 is 10.6 Å². The number of rotatable bonds is 3. The number of likely N-dealkylation sites (N-methyl/N-ethyl adjacent to an activating group) is 1. The predicted molar refractivity (Wildman–Crippen MR) is 57.3 cm³/mol. The highest BCUT2D eigenvalue weighted by Gasteiger charge is 2.17. The highest BCUT2D eigenvalue weighted by atomic mass is 16.3. The maximum absolute atomic E-state index is 9.04. The van der Waals surface area contributed by atoms with Crippen LogP contribution in [0.3, 0.4) is 0 Å². The van der Waals surface area contributed by atoms with Crippen LogP contribution in [0, 0.1) is 6.92 Å². The molecule has 0 bridgehead atoms. The van der Waals surface area contributed by atoms with Crippen molar-refractivity contribution < 1.29 is 5.11 Å². The van der Waals surface area contributed by atoms with Gasteiger partial charge in [-0.15, -0.1) is 0 Å². The van der Waals surface area contributed by atoms with Crippen molar-refractivity contribution in [2.24, 2.45) is 7.05 Å². The van der Waals surface area contributed by atoms with Gasteiger partial charge in [0.25, 0.3) is 0 Å². The number of hydrogen-bond acceptors (Lipinski definition) is 4. The zero-order valence-electron chi connectivity index (χ0n) is 9.15. The van der Waals surface area contributed by atoms with Crippen molar-refractivity contribution in [1.82, 2.24) is 9.78 Å². The molecule has 0 aliphatic rings. The third kappa shape index (κ3) is 1.68. The molecule has 0 radical (unpaired) electrons. The van der Waals surface area contributed by atoms with E-state index in [-0.39, 0.29) is 12.6 Å². The molecule has 3 N–H and O–H groups in total. The van der Waals surface area contributed by atoms with Gasteiger partial charge in [0.15, 0.2) is 0 Å². The van der Waals surface area contributed by atoms with E-state index in [0.717, 1.165) is 11.5 Å². The second-order valence-electron chi connectivity index (χ2n) is 3.59. The molecule has 1 atom stereocenters.